The largest absolute Gasteiger partial charge is 0.354 e. The van der Waals surface area contributed by atoms with E-state index in [1.165, 1.54) is 0 Å². The fourth-order valence-electron chi connectivity index (χ4n) is 5.26. The molecule has 0 unspecified atom stereocenters. The second-order valence-electron chi connectivity index (χ2n) is 8.34. The molecule has 0 aliphatic carbocycles. The average molecular weight is 402 g/mol. The van der Waals surface area contributed by atoms with Gasteiger partial charge in [-0.2, -0.15) is 0 Å². The molecular weight excluding hydrogens is 380 g/mol. The van der Waals surface area contributed by atoms with Gasteiger partial charge in [0.2, 0.25) is 5.91 Å². The van der Waals surface area contributed by atoms with Gasteiger partial charge < -0.3 is 9.80 Å². The zero-order chi connectivity index (χ0) is 20.2. The number of imidazole rings is 1. The third-order valence-corrected chi connectivity index (χ3v) is 6.60. The summed E-state index contributed by atoms with van der Waals surface area (Å²) in [6.45, 7) is 2.71. The number of piperidine rings is 1. The molecule has 3 atom stereocenters. The minimum atomic E-state index is -0.468. The number of hydrogen-bond acceptors (Lipinski definition) is 5. The van der Waals surface area contributed by atoms with Crippen molar-refractivity contribution in [3.05, 3.63) is 70.9 Å². The predicted molar refractivity (Wildman–Crippen MR) is 112 cm³/mol. The summed E-state index contributed by atoms with van der Waals surface area (Å²) in [7, 11) is 0. The Balaban J connectivity index is 1.41. The van der Waals surface area contributed by atoms with Crippen LogP contribution in [0.15, 0.2) is 59.7 Å². The van der Waals surface area contributed by atoms with E-state index in [4.69, 9.17) is 5.10 Å². The number of pyridine rings is 1. The number of rotatable bonds is 2. The molecule has 152 valence electrons. The molecule has 3 aliphatic rings. The number of hydrogen-bond donors (Lipinski definition) is 0. The van der Waals surface area contributed by atoms with Crippen molar-refractivity contribution in [3.63, 3.8) is 0 Å². The third-order valence-electron chi connectivity index (χ3n) is 6.60. The number of carbonyl (C=O) groups excluding carboxylic acids is 1. The Morgan fingerprint density at radius 3 is 2.80 bits per heavy atom. The van der Waals surface area contributed by atoms with Crippen molar-refractivity contribution in [1.82, 2.24) is 24.1 Å². The van der Waals surface area contributed by atoms with Gasteiger partial charge >= 0.3 is 0 Å². The summed E-state index contributed by atoms with van der Waals surface area (Å²) in [6.07, 6.45) is 8.50. The second-order valence-corrected chi connectivity index (χ2v) is 8.34. The Kier molecular flexibility index (Phi) is 3.81. The van der Waals surface area contributed by atoms with E-state index in [2.05, 4.69) is 9.88 Å². The molecule has 1 amide bonds. The summed E-state index contributed by atoms with van der Waals surface area (Å²) < 4.78 is 3.54. The van der Waals surface area contributed by atoms with E-state index < -0.39 is 6.04 Å². The average Bonchev–Trinajstić information content (AvgIpc) is 3.45. The summed E-state index contributed by atoms with van der Waals surface area (Å²) >= 11 is 0. The van der Waals surface area contributed by atoms with Gasteiger partial charge in [-0.3, -0.25) is 14.2 Å². The molecule has 0 saturated carbocycles. The van der Waals surface area contributed by atoms with Crippen molar-refractivity contribution in [2.45, 2.75) is 18.4 Å². The quantitative estimate of drug-likeness (QED) is 0.607. The van der Waals surface area contributed by atoms with E-state index in [1.807, 2.05) is 47.5 Å². The Bertz CT molecular complexity index is 1220. The maximum atomic E-state index is 13.5. The molecule has 3 aromatic rings. The summed E-state index contributed by atoms with van der Waals surface area (Å²) in [5.74, 6) is 1.16. The number of nitrogens with zero attached hydrogens (tertiary/aromatic N) is 6. The zero-order valence-corrected chi connectivity index (χ0v) is 16.5. The first-order valence-electron chi connectivity index (χ1n) is 10.4. The molecular formula is C22H22N6O2. The SMILES string of the molecule is O=C([C@H]1[C@@H]2C[C@@H](CN(c3ccc4nccn4n3)C2)c2cccc(=O)n21)N1CC=CC1. The number of aromatic nitrogens is 4. The molecule has 30 heavy (non-hydrogen) atoms. The molecule has 0 radical (unpaired) electrons. The summed E-state index contributed by atoms with van der Waals surface area (Å²) in [4.78, 5) is 34.7. The molecule has 0 aromatic carbocycles. The van der Waals surface area contributed by atoms with Crippen LogP contribution in [0, 0.1) is 5.92 Å². The molecule has 6 rings (SSSR count). The highest BCUT2D eigenvalue weighted by Crippen LogP contribution is 2.42. The predicted octanol–water partition coefficient (Wildman–Crippen LogP) is 1.45. The lowest BCUT2D eigenvalue weighted by Crippen LogP contribution is -2.54. The van der Waals surface area contributed by atoms with E-state index in [0.717, 1.165) is 30.1 Å². The minimum absolute atomic E-state index is 0.0397. The first kappa shape index (κ1) is 17.4. The van der Waals surface area contributed by atoms with Gasteiger partial charge in [-0.1, -0.05) is 18.2 Å². The van der Waals surface area contributed by atoms with E-state index in [9.17, 15) is 9.59 Å². The van der Waals surface area contributed by atoms with Crippen molar-refractivity contribution < 1.29 is 4.79 Å². The van der Waals surface area contributed by atoms with Crippen LogP contribution in [-0.2, 0) is 4.79 Å². The maximum Gasteiger partial charge on any atom is 0.251 e. The van der Waals surface area contributed by atoms with Crippen molar-refractivity contribution >= 4 is 17.4 Å². The third kappa shape index (κ3) is 2.59. The van der Waals surface area contributed by atoms with Gasteiger partial charge in [0.1, 0.15) is 11.9 Å². The second kappa shape index (κ2) is 6.55. The molecule has 1 saturated heterocycles. The van der Waals surface area contributed by atoms with E-state index in [0.29, 0.717) is 19.6 Å². The summed E-state index contributed by atoms with van der Waals surface area (Å²) in [6, 6.07) is 8.86. The van der Waals surface area contributed by atoms with Gasteiger partial charge in [-0.25, -0.2) is 9.50 Å². The van der Waals surface area contributed by atoms with Crippen LogP contribution >= 0.6 is 0 Å². The highest BCUT2D eigenvalue weighted by molar-refractivity contribution is 5.82. The Hall–Kier alpha value is -3.42. The van der Waals surface area contributed by atoms with Crippen LogP contribution in [0.4, 0.5) is 5.82 Å². The summed E-state index contributed by atoms with van der Waals surface area (Å²) in [5.41, 5.74) is 1.68. The smallest absolute Gasteiger partial charge is 0.251 e. The van der Waals surface area contributed by atoms with Crippen molar-refractivity contribution in [2.24, 2.45) is 5.92 Å². The van der Waals surface area contributed by atoms with Crippen molar-refractivity contribution in [1.29, 1.82) is 0 Å². The molecule has 8 heteroatoms. The van der Waals surface area contributed by atoms with Crippen molar-refractivity contribution in [3.8, 4) is 0 Å². The van der Waals surface area contributed by atoms with Crippen LogP contribution in [0.1, 0.15) is 24.1 Å². The first-order valence-corrected chi connectivity index (χ1v) is 10.4. The standard InChI is InChI=1S/C22H22N6O2/c29-20-5-3-4-17-15-12-16(21(28(17)20)22(30)25-9-1-2-10-25)14-26(13-15)19-7-6-18-23-8-11-27(18)24-19/h1-8,11,15-16,21H,9-10,12-14H2/t15-,16+,21+/m0/s1. The molecule has 2 bridgehead atoms. The highest BCUT2D eigenvalue weighted by atomic mass is 16.2. The molecule has 6 heterocycles. The van der Waals surface area contributed by atoms with E-state index in [-0.39, 0.29) is 23.3 Å². The van der Waals surface area contributed by atoms with Gasteiger partial charge in [0.15, 0.2) is 5.65 Å². The van der Waals surface area contributed by atoms with Crippen LogP contribution in [0.3, 0.4) is 0 Å². The van der Waals surface area contributed by atoms with Gasteiger partial charge in [-0.05, 0) is 24.6 Å². The molecule has 8 nitrogen and oxygen atoms in total. The number of carbonyl (C=O) groups is 1. The fraction of sp³-hybridized carbons (Fsp3) is 0.364. The molecule has 0 spiro atoms. The van der Waals surface area contributed by atoms with Gasteiger partial charge in [0.05, 0.1) is 0 Å². The van der Waals surface area contributed by atoms with Crippen LogP contribution in [0.5, 0.6) is 0 Å². The van der Waals surface area contributed by atoms with Crippen molar-refractivity contribution in [2.75, 3.05) is 31.1 Å². The summed E-state index contributed by atoms with van der Waals surface area (Å²) in [5, 5.41) is 4.71. The Morgan fingerprint density at radius 2 is 1.93 bits per heavy atom. The van der Waals surface area contributed by atoms with Gasteiger partial charge in [-0.15, -0.1) is 5.10 Å². The Morgan fingerprint density at radius 1 is 1.07 bits per heavy atom. The van der Waals surface area contributed by atoms with Crippen LogP contribution in [0.25, 0.3) is 5.65 Å². The van der Waals surface area contributed by atoms with Crippen LogP contribution < -0.4 is 10.5 Å². The maximum absolute atomic E-state index is 13.5. The van der Waals surface area contributed by atoms with Crippen LogP contribution in [-0.4, -0.2) is 56.2 Å². The minimum Gasteiger partial charge on any atom is -0.354 e. The topological polar surface area (TPSA) is 75.7 Å². The molecule has 1 fully saturated rings. The van der Waals surface area contributed by atoms with Gasteiger partial charge in [0, 0.05) is 62.2 Å². The van der Waals surface area contributed by atoms with Crippen LogP contribution in [0.2, 0.25) is 0 Å². The molecule has 3 aromatic heterocycles. The number of amides is 1. The van der Waals surface area contributed by atoms with E-state index in [1.54, 1.807) is 21.3 Å². The zero-order valence-electron chi connectivity index (χ0n) is 16.5. The molecule has 0 N–H and O–H groups in total. The lowest BCUT2D eigenvalue weighted by molar-refractivity contribution is -0.136. The number of fused-ring (bicyclic) bond motifs is 5. The van der Waals surface area contributed by atoms with E-state index >= 15 is 0 Å². The normalized spacial score (nSPS) is 25.0. The molecule has 3 aliphatic heterocycles. The number of anilines is 1. The monoisotopic (exact) mass is 402 g/mol. The highest BCUT2D eigenvalue weighted by Gasteiger charge is 2.45. The van der Waals surface area contributed by atoms with Gasteiger partial charge in [0.25, 0.3) is 5.56 Å². The first-order chi connectivity index (χ1) is 14.7. The lowest BCUT2D eigenvalue weighted by atomic mass is 9.78. The fourth-order valence-corrected chi connectivity index (χ4v) is 5.26. The lowest BCUT2D eigenvalue weighted by Gasteiger charge is -2.47. The Labute approximate surface area is 173 Å².